The number of ether oxygens (including phenoxy) is 2. The van der Waals surface area contributed by atoms with Gasteiger partial charge in [0.05, 0.1) is 12.2 Å². The van der Waals surface area contributed by atoms with Gasteiger partial charge in [0.1, 0.15) is 11.8 Å². The molecular weight excluding hydrogens is 242 g/mol. The van der Waals surface area contributed by atoms with E-state index in [1.165, 1.54) is 0 Å². The van der Waals surface area contributed by atoms with Gasteiger partial charge in [0.15, 0.2) is 5.75 Å². The van der Waals surface area contributed by atoms with Gasteiger partial charge >= 0.3 is 0 Å². The van der Waals surface area contributed by atoms with Crippen LogP contribution in [0.4, 0.5) is 5.69 Å². The summed E-state index contributed by atoms with van der Waals surface area (Å²) in [5.41, 5.74) is 6.49. The maximum Gasteiger partial charge on any atom is 0.262 e. The van der Waals surface area contributed by atoms with Crippen molar-refractivity contribution in [1.82, 2.24) is 4.98 Å². The van der Waals surface area contributed by atoms with E-state index in [-0.39, 0.29) is 0 Å². The fourth-order valence-corrected chi connectivity index (χ4v) is 1.55. The second-order valence-corrected chi connectivity index (χ2v) is 3.71. The fourth-order valence-electron chi connectivity index (χ4n) is 1.55. The van der Waals surface area contributed by atoms with Crippen molar-refractivity contribution in [2.24, 2.45) is 0 Å². The SMILES string of the molecule is CCOc1cccnc1Oc1ccc(N)cc1C#N. The first-order valence-electron chi connectivity index (χ1n) is 5.80. The molecule has 5 heteroatoms. The highest BCUT2D eigenvalue weighted by molar-refractivity contribution is 5.54. The maximum atomic E-state index is 9.06. The molecule has 0 fully saturated rings. The van der Waals surface area contributed by atoms with Crippen LogP contribution >= 0.6 is 0 Å². The molecule has 1 heterocycles. The van der Waals surface area contributed by atoms with Crippen molar-refractivity contribution in [1.29, 1.82) is 5.26 Å². The highest BCUT2D eigenvalue weighted by Gasteiger charge is 2.10. The van der Waals surface area contributed by atoms with Crippen molar-refractivity contribution in [2.75, 3.05) is 12.3 Å². The summed E-state index contributed by atoms with van der Waals surface area (Å²) in [5, 5.41) is 9.06. The minimum atomic E-state index is 0.325. The lowest BCUT2D eigenvalue weighted by Crippen LogP contribution is -1.98. The predicted molar refractivity (Wildman–Crippen MR) is 71.0 cm³/mol. The molecular formula is C14H13N3O2. The lowest BCUT2D eigenvalue weighted by atomic mass is 10.2. The molecule has 19 heavy (non-hydrogen) atoms. The van der Waals surface area contributed by atoms with Crippen LogP contribution < -0.4 is 15.2 Å². The first-order chi connectivity index (χ1) is 9.24. The normalized spacial score (nSPS) is 9.68. The van der Waals surface area contributed by atoms with Gasteiger partial charge in [-0.2, -0.15) is 5.26 Å². The zero-order valence-corrected chi connectivity index (χ0v) is 10.5. The van der Waals surface area contributed by atoms with Crippen LogP contribution in [0, 0.1) is 11.3 Å². The Balaban J connectivity index is 2.34. The zero-order valence-electron chi connectivity index (χ0n) is 10.5. The molecule has 0 aliphatic carbocycles. The molecule has 2 rings (SSSR count). The van der Waals surface area contributed by atoms with Crippen LogP contribution in [0.15, 0.2) is 36.5 Å². The standard InChI is InChI=1S/C14H13N3O2/c1-2-18-13-4-3-7-17-14(13)19-12-6-5-11(16)8-10(12)9-15/h3-8H,2,16H2,1H3. The summed E-state index contributed by atoms with van der Waals surface area (Å²) >= 11 is 0. The molecule has 1 aromatic heterocycles. The number of hydrogen-bond acceptors (Lipinski definition) is 5. The van der Waals surface area contributed by atoms with E-state index >= 15 is 0 Å². The molecule has 1 aromatic carbocycles. The molecule has 0 radical (unpaired) electrons. The Labute approximate surface area is 111 Å². The maximum absolute atomic E-state index is 9.06. The number of aromatic nitrogens is 1. The van der Waals surface area contributed by atoms with E-state index in [9.17, 15) is 0 Å². The summed E-state index contributed by atoms with van der Waals surface area (Å²) in [4.78, 5) is 4.10. The Morgan fingerprint density at radius 2 is 2.16 bits per heavy atom. The topological polar surface area (TPSA) is 81.2 Å². The lowest BCUT2D eigenvalue weighted by Gasteiger charge is -2.11. The highest BCUT2D eigenvalue weighted by Crippen LogP contribution is 2.31. The van der Waals surface area contributed by atoms with Crippen molar-refractivity contribution in [3.63, 3.8) is 0 Å². The van der Waals surface area contributed by atoms with Crippen molar-refractivity contribution >= 4 is 5.69 Å². The molecule has 96 valence electrons. The van der Waals surface area contributed by atoms with Crippen molar-refractivity contribution < 1.29 is 9.47 Å². The monoisotopic (exact) mass is 255 g/mol. The molecule has 0 bridgehead atoms. The van der Waals surface area contributed by atoms with Crippen molar-refractivity contribution in [3.05, 3.63) is 42.1 Å². The quantitative estimate of drug-likeness (QED) is 0.849. The number of rotatable bonds is 4. The molecule has 2 N–H and O–H groups in total. The van der Waals surface area contributed by atoms with Gasteiger partial charge in [-0.3, -0.25) is 0 Å². The van der Waals surface area contributed by atoms with Crippen LogP contribution in [0.2, 0.25) is 0 Å². The predicted octanol–water partition coefficient (Wildman–Crippen LogP) is 2.73. The van der Waals surface area contributed by atoms with Crippen molar-refractivity contribution in [2.45, 2.75) is 6.92 Å². The number of anilines is 1. The molecule has 0 amide bonds. The van der Waals surface area contributed by atoms with Gasteiger partial charge in [-0.1, -0.05) is 0 Å². The fraction of sp³-hybridized carbons (Fsp3) is 0.143. The Morgan fingerprint density at radius 3 is 2.89 bits per heavy atom. The average molecular weight is 255 g/mol. The number of benzene rings is 1. The van der Waals surface area contributed by atoms with E-state index in [2.05, 4.69) is 4.98 Å². The second kappa shape index (κ2) is 5.74. The van der Waals surface area contributed by atoms with Crippen LogP contribution in [0.5, 0.6) is 17.4 Å². The Hall–Kier alpha value is -2.74. The summed E-state index contributed by atoms with van der Waals surface area (Å²) < 4.78 is 11.0. The third-order valence-electron chi connectivity index (χ3n) is 2.37. The average Bonchev–Trinajstić information content (AvgIpc) is 2.43. The Morgan fingerprint density at radius 1 is 1.32 bits per heavy atom. The summed E-state index contributed by atoms with van der Waals surface area (Å²) in [6, 6.07) is 10.4. The highest BCUT2D eigenvalue weighted by atomic mass is 16.5. The van der Waals surface area contributed by atoms with Gasteiger partial charge in [-0.15, -0.1) is 0 Å². The Bertz CT molecular complexity index is 620. The molecule has 0 unspecified atom stereocenters. The van der Waals surface area contributed by atoms with E-state index in [1.54, 1.807) is 36.5 Å². The van der Waals surface area contributed by atoms with Gasteiger partial charge in [-0.25, -0.2) is 4.98 Å². The third kappa shape index (κ3) is 2.93. The largest absolute Gasteiger partial charge is 0.488 e. The van der Waals surface area contributed by atoms with Crippen LogP contribution in [0.1, 0.15) is 12.5 Å². The molecule has 0 atom stereocenters. The van der Waals surface area contributed by atoms with E-state index in [0.29, 0.717) is 35.2 Å². The molecule has 2 aromatic rings. The minimum absolute atomic E-state index is 0.325. The number of nitrogens with two attached hydrogens (primary N) is 1. The zero-order chi connectivity index (χ0) is 13.7. The number of pyridine rings is 1. The van der Waals surface area contributed by atoms with E-state index in [0.717, 1.165) is 0 Å². The van der Waals surface area contributed by atoms with Gasteiger partial charge in [0, 0.05) is 11.9 Å². The molecule has 0 spiro atoms. The number of nitrogen functional groups attached to an aromatic ring is 1. The van der Waals surface area contributed by atoms with Crippen molar-refractivity contribution in [3.8, 4) is 23.4 Å². The molecule has 0 aliphatic rings. The van der Waals surface area contributed by atoms with Crippen LogP contribution in [-0.2, 0) is 0 Å². The summed E-state index contributed by atoms with van der Waals surface area (Å²) in [7, 11) is 0. The molecule has 0 saturated carbocycles. The van der Waals surface area contributed by atoms with Gasteiger partial charge in [-0.05, 0) is 37.3 Å². The lowest BCUT2D eigenvalue weighted by molar-refractivity contribution is 0.316. The molecule has 0 aliphatic heterocycles. The summed E-state index contributed by atoms with van der Waals surface area (Å²) in [5.74, 6) is 1.26. The second-order valence-electron chi connectivity index (χ2n) is 3.71. The smallest absolute Gasteiger partial charge is 0.262 e. The summed E-state index contributed by atoms with van der Waals surface area (Å²) in [6.07, 6.45) is 1.60. The van der Waals surface area contributed by atoms with Crippen LogP contribution in [-0.4, -0.2) is 11.6 Å². The van der Waals surface area contributed by atoms with E-state index in [1.807, 2.05) is 13.0 Å². The number of nitriles is 1. The van der Waals surface area contributed by atoms with Crippen LogP contribution in [0.3, 0.4) is 0 Å². The number of hydrogen-bond donors (Lipinski definition) is 1. The number of nitrogens with zero attached hydrogens (tertiary/aromatic N) is 2. The van der Waals surface area contributed by atoms with E-state index < -0.39 is 0 Å². The molecule has 5 nitrogen and oxygen atoms in total. The minimum Gasteiger partial charge on any atom is -0.488 e. The molecule has 0 saturated heterocycles. The van der Waals surface area contributed by atoms with Gasteiger partial charge in [0.25, 0.3) is 5.88 Å². The summed E-state index contributed by atoms with van der Waals surface area (Å²) in [6.45, 7) is 2.38. The Kier molecular flexibility index (Phi) is 3.84. The van der Waals surface area contributed by atoms with Gasteiger partial charge in [0.2, 0.25) is 0 Å². The first-order valence-corrected chi connectivity index (χ1v) is 5.80. The van der Waals surface area contributed by atoms with E-state index in [4.69, 9.17) is 20.5 Å². The van der Waals surface area contributed by atoms with Gasteiger partial charge < -0.3 is 15.2 Å². The first kappa shape index (κ1) is 12.7. The van der Waals surface area contributed by atoms with Crippen LogP contribution in [0.25, 0.3) is 0 Å². The third-order valence-corrected chi connectivity index (χ3v) is 2.37.